The summed E-state index contributed by atoms with van der Waals surface area (Å²) < 4.78 is 5.44. The van der Waals surface area contributed by atoms with Gasteiger partial charge in [0.05, 0.1) is 12.8 Å². The van der Waals surface area contributed by atoms with Gasteiger partial charge in [0.25, 0.3) is 0 Å². The largest absolute Gasteiger partial charge is 0.467 e. The standard InChI is InChI=1S/C26H26N2O3/c1-2-17-27(25(29)16-15-22-10-5-3-6-11-22)21-26(30)28(20-24-14-9-18-31-24)19-23-12-7-4-8-13-23/h2-16,18H,1,17,19-21H2/b16-15+. The number of carbonyl (C=O) groups excluding carboxylic acids is 2. The molecule has 0 bridgehead atoms. The molecule has 0 fully saturated rings. The van der Waals surface area contributed by atoms with E-state index < -0.39 is 0 Å². The summed E-state index contributed by atoms with van der Waals surface area (Å²) in [5.41, 5.74) is 1.93. The van der Waals surface area contributed by atoms with E-state index in [1.54, 1.807) is 29.4 Å². The van der Waals surface area contributed by atoms with Crippen molar-refractivity contribution in [1.82, 2.24) is 9.80 Å². The minimum Gasteiger partial charge on any atom is -0.467 e. The minimum absolute atomic E-state index is 0.0441. The monoisotopic (exact) mass is 414 g/mol. The summed E-state index contributed by atoms with van der Waals surface area (Å²) in [6.07, 6.45) is 6.44. The van der Waals surface area contributed by atoms with Crippen molar-refractivity contribution in [2.45, 2.75) is 13.1 Å². The topological polar surface area (TPSA) is 53.8 Å². The SMILES string of the molecule is C=CCN(CC(=O)N(Cc1ccccc1)Cc1ccco1)C(=O)/C=C/c1ccccc1. The Hall–Kier alpha value is -3.86. The van der Waals surface area contributed by atoms with Gasteiger partial charge in [0.15, 0.2) is 0 Å². The van der Waals surface area contributed by atoms with Gasteiger partial charge < -0.3 is 14.2 Å². The summed E-state index contributed by atoms with van der Waals surface area (Å²) in [6, 6.07) is 22.9. The quantitative estimate of drug-likeness (QED) is 0.362. The van der Waals surface area contributed by atoms with Crippen LogP contribution in [0.4, 0.5) is 0 Å². The third-order valence-corrected chi connectivity index (χ3v) is 4.70. The van der Waals surface area contributed by atoms with Gasteiger partial charge in [-0.05, 0) is 29.3 Å². The lowest BCUT2D eigenvalue weighted by atomic mass is 10.2. The average Bonchev–Trinajstić information content (AvgIpc) is 3.31. The lowest BCUT2D eigenvalue weighted by Crippen LogP contribution is -2.42. The fraction of sp³-hybridized carbons (Fsp3) is 0.154. The van der Waals surface area contributed by atoms with Gasteiger partial charge in [-0.1, -0.05) is 66.7 Å². The molecule has 0 atom stereocenters. The van der Waals surface area contributed by atoms with Crippen LogP contribution in [0.1, 0.15) is 16.9 Å². The molecule has 0 aliphatic carbocycles. The highest BCUT2D eigenvalue weighted by molar-refractivity contribution is 5.94. The molecule has 0 saturated heterocycles. The second kappa shape index (κ2) is 11.4. The first-order valence-corrected chi connectivity index (χ1v) is 10.1. The Bertz CT molecular complexity index is 996. The molecule has 1 aromatic heterocycles. The first-order valence-electron chi connectivity index (χ1n) is 10.1. The van der Waals surface area contributed by atoms with E-state index >= 15 is 0 Å². The molecule has 3 aromatic rings. The number of benzene rings is 2. The number of hydrogen-bond acceptors (Lipinski definition) is 3. The molecule has 0 radical (unpaired) electrons. The van der Waals surface area contributed by atoms with E-state index in [-0.39, 0.29) is 24.9 Å². The van der Waals surface area contributed by atoms with Gasteiger partial charge in [-0.2, -0.15) is 0 Å². The molecule has 158 valence electrons. The molecule has 31 heavy (non-hydrogen) atoms. The Kier molecular flexibility index (Phi) is 8.00. The van der Waals surface area contributed by atoms with Crippen LogP contribution in [0.15, 0.2) is 102 Å². The first kappa shape index (κ1) is 21.8. The molecule has 1 heterocycles. The number of furan rings is 1. The molecule has 0 saturated carbocycles. The first-order chi connectivity index (χ1) is 15.2. The van der Waals surface area contributed by atoms with E-state index in [9.17, 15) is 9.59 Å². The zero-order valence-electron chi connectivity index (χ0n) is 17.4. The fourth-order valence-electron chi connectivity index (χ4n) is 3.12. The minimum atomic E-state index is -0.241. The summed E-state index contributed by atoms with van der Waals surface area (Å²) in [7, 11) is 0. The van der Waals surface area contributed by atoms with E-state index in [0.29, 0.717) is 18.8 Å². The summed E-state index contributed by atoms with van der Waals surface area (Å²) in [4.78, 5) is 29.1. The molecule has 0 aliphatic rings. The van der Waals surface area contributed by atoms with Crippen molar-refractivity contribution in [2.75, 3.05) is 13.1 Å². The second-order valence-electron chi connectivity index (χ2n) is 7.07. The van der Waals surface area contributed by atoms with Crippen LogP contribution < -0.4 is 0 Å². The van der Waals surface area contributed by atoms with Gasteiger partial charge in [0.1, 0.15) is 12.3 Å². The van der Waals surface area contributed by atoms with Crippen molar-refractivity contribution in [3.8, 4) is 0 Å². The van der Waals surface area contributed by atoms with E-state index in [1.807, 2.05) is 66.7 Å². The van der Waals surface area contributed by atoms with Crippen molar-refractivity contribution in [3.63, 3.8) is 0 Å². The maximum absolute atomic E-state index is 13.2. The van der Waals surface area contributed by atoms with Gasteiger partial charge in [-0.3, -0.25) is 9.59 Å². The van der Waals surface area contributed by atoms with Crippen LogP contribution in [0.3, 0.4) is 0 Å². The fourth-order valence-corrected chi connectivity index (χ4v) is 3.12. The molecule has 3 rings (SSSR count). The molecular formula is C26H26N2O3. The van der Waals surface area contributed by atoms with Crippen LogP contribution in [0, 0.1) is 0 Å². The van der Waals surface area contributed by atoms with Crippen molar-refractivity contribution in [2.24, 2.45) is 0 Å². The third-order valence-electron chi connectivity index (χ3n) is 4.70. The van der Waals surface area contributed by atoms with Crippen molar-refractivity contribution < 1.29 is 14.0 Å². The number of rotatable bonds is 10. The van der Waals surface area contributed by atoms with Gasteiger partial charge >= 0.3 is 0 Å². The summed E-state index contributed by atoms with van der Waals surface area (Å²) in [6.45, 7) is 4.72. The van der Waals surface area contributed by atoms with Gasteiger partial charge in [-0.25, -0.2) is 0 Å². The number of amides is 2. The predicted octanol–water partition coefficient (Wildman–Crippen LogP) is 4.54. The summed E-state index contributed by atoms with van der Waals surface area (Å²) in [5, 5.41) is 0. The van der Waals surface area contributed by atoms with Crippen LogP contribution in [-0.4, -0.2) is 34.7 Å². The maximum atomic E-state index is 13.2. The summed E-state index contributed by atoms with van der Waals surface area (Å²) in [5.74, 6) is 0.285. The van der Waals surface area contributed by atoms with Crippen LogP contribution >= 0.6 is 0 Å². The van der Waals surface area contributed by atoms with E-state index in [4.69, 9.17) is 4.42 Å². The molecular weight excluding hydrogens is 388 g/mol. The second-order valence-corrected chi connectivity index (χ2v) is 7.07. The predicted molar refractivity (Wildman–Crippen MR) is 122 cm³/mol. The van der Waals surface area contributed by atoms with Gasteiger partial charge in [0.2, 0.25) is 11.8 Å². The lowest BCUT2D eigenvalue weighted by Gasteiger charge is -2.26. The number of carbonyl (C=O) groups is 2. The smallest absolute Gasteiger partial charge is 0.247 e. The normalized spacial score (nSPS) is 10.7. The van der Waals surface area contributed by atoms with Crippen molar-refractivity contribution in [1.29, 1.82) is 0 Å². The highest BCUT2D eigenvalue weighted by Crippen LogP contribution is 2.12. The Labute approximate surface area is 182 Å². The molecule has 5 nitrogen and oxygen atoms in total. The Morgan fingerprint density at radius 2 is 1.58 bits per heavy atom. The highest BCUT2D eigenvalue weighted by Gasteiger charge is 2.21. The van der Waals surface area contributed by atoms with Crippen molar-refractivity contribution >= 4 is 17.9 Å². The van der Waals surface area contributed by atoms with Crippen LogP contribution in [0.25, 0.3) is 6.08 Å². The van der Waals surface area contributed by atoms with Crippen molar-refractivity contribution in [3.05, 3.63) is 115 Å². The van der Waals surface area contributed by atoms with Gasteiger partial charge in [-0.15, -0.1) is 6.58 Å². The van der Waals surface area contributed by atoms with Gasteiger partial charge in [0, 0.05) is 19.2 Å². The molecule has 2 aromatic carbocycles. The lowest BCUT2D eigenvalue weighted by molar-refractivity contribution is -0.138. The van der Waals surface area contributed by atoms with Crippen LogP contribution in [0.5, 0.6) is 0 Å². The van der Waals surface area contributed by atoms with E-state index in [1.165, 1.54) is 11.0 Å². The average molecular weight is 415 g/mol. The molecule has 2 amide bonds. The molecule has 0 spiro atoms. The van der Waals surface area contributed by atoms with E-state index in [0.717, 1.165) is 11.1 Å². The maximum Gasteiger partial charge on any atom is 0.247 e. The molecule has 0 N–H and O–H groups in total. The molecule has 0 unspecified atom stereocenters. The molecule has 0 aliphatic heterocycles. The zero-order valence-corrected chi connectivity index (χ0v) is 17.4. The highest BCUT2D eigenvalue weighted by atomic mass is 16.3. The number of hydrogen-bond donors (Lipinski definition) is 0. The van der Waals surface area contributed by atoms with Crippen LogP contribution in [0.2, 0.25) is 0 Å². The summed E-state index contributed by atoms with van der Waals surface area (Å²) >= 11 is 0. The molecule has 5 heteroatoms. The van der Waals surface area contributed by atoms with Crippen LogP contribution in [-0.2, 0) is 22.7 Å². The zero-order chi connectivity index (χ0) is 21.9. The third kappa shape index (κ3) is 6.85. The Morgan fingerprint density at radius 1 is 0.871 bits per heavy atom. The number of nitrogens with zero attached hydrogens (tertiary/aromatic N) is 2. The van der Waals surface area contributed by atoms with E-state index in [2.05, 4.69) is 6.58 Å². The Morgan fingerprint density at radius 3 is 2.23 bits per heavy atom. The Balaban J connectivity index is 1.72.